The molecule has 0 saturated heterocycles. The lowest BCUT2D eigenvalue weighted by Gasteiger charge is -2.16. The zero-order valence-corrected chi connectivity index (χ0v) is 14.4. The van der Waals surface area contributed by atoms with Gasteiger partial charge in [-0.1, -0.05) is 35.9 Å². The normalized spacial score (nSPS) is 14.6. The maximum atomic E-state index is 12.2. The number of anilines is 1. The Hall–Kier alpha value is -3.68. The van der Waals surface area contributed by atoms with Gasteiger partial charge in [-0.2, -0.15) is 11.0 Å². The van der Waals surface area contributed by atoms with Crippen LogP contribution in [0.2, 0.25) is 0 Å². The first-order chi connectivity index (χ1) is 12.5. The average Bonchev–Trinajstić information content (AvgIpc) is 3.06. The largest absolute Gasteiger partial charge is 0.379 e. The van der Waals surface area contributed by atoms with Gasteiger partial charge >= 0.3 is 5.97 Å². The number of hydrogen-bond donors (Lipinski definition) is 4. The van der Waals surface area contributed by atoms with E-state index in [4.69, 9.17) is 15.5 Å². The molecule has 0 atom stereocenters. The summed E-state index contributed by atoms with van der Waals surface area (Å²) in [5, 5.41) is 6.73. The van der Waals surface area contributed by atoms with Crippen LogP contribution in [0.1, 0.15) is 21.5 Å². The van der Waals surface area contributed by atoms with Gasteiger partial charge in [-0.15, -0.1) is 0 Å². The van der Waals surface area contributed by atoms with Gasteiger partial charge in [0.25, 0.3) is 0 Å². The molecule has 5 N–H and O–H groups in total. The Morgan fingerprint density at radius 2 is 1.88 bits per heavy atom. The smallest absolute Gasteiger partial charge is 0.362 e. The SMILES string of the molecule is Cc1ccc(C(=O)ONC(Nc2ccccc2C)=C2NON=C2N)cc1. The Labute approximate surface area is 150 Å². The molecule has 1 aliphatic rings. The number of carbonyl (C=O) groups excluding carboxylic acids is 1. The highest BCUT2D eigenvalue weighted by molar-refractivity contribution is 5.97. The molecule has 0 bridgehead atoms. The van der Waals surface area contributed by atoms with Crippen LogP contribution >= 0.6 is 0 Å². The Bertz CT molecular complexity index is 875. The summed E-state index contributed by atoms with van der Waals surface area (Å²) < 4.78 is 0. The summed E-state index contributed by atoms with van der Waals surface area (Å²) >= 11 is 0. The van der Waals surface area contributed by atoms with Gasteiger partial charge in [0.2, 0.25) is 0 Å². The average molecular weight is 353 g/mol. The van der Waals surface area contributed by atoms with Crippen molar-refractivity contribution >= 4 is 17.5 Å². The molecule has 134 valence electrons. The summed E-state index contributed by atoms with van der Waals surface area (Å²) in [6.07, 6.45) is 0. The lowest BCUT2D eigenvalue weighted by atomic mass is 10.2. The van der Waals surface area contributed by atoms with Gasteiger partial charge < -0.3 is 15.9 Å². The first-order valence-electron chi connectivity index (χ1n) is 7.91. The topological polar surface area (TPSA) is 110 Å². The minimum Gasteiger partial charge on any atom is -0.379 e. The van der Waals surface area contributed by atoms with Crippen LogP contribution < -0.4 is 22.0 Å². The minimum absolute atomic E-state index is 0.111. The molecule has 2 aromatic carbocycles. The lowest BCUT2D eigenvalue weighted by molar-refractivity contribution is 0.0317. The minimum atomic E-state index is -0.538. The van der Waals surface area contributed by atoms with Gasteiger partial charge in [0.15, 0.2) is 17.4 Å². The monoisotopic (exact) mass is 353 g/mol. The number of benzene rings is 2. The fourth-order valence-corrected chi connectivity index (χ4v) is 2.23. The maximum Gasteiger partial charge on any atom is 0.362 e. The number of amidine groups is 1. The van der Waals surface area contributed by atoms with E-state index in [-0.39, 0.29) is 5.84 Å². The molecule has 0 aliphatic carbocycles. The number of oxime groups is 1. The molecule has 0 spiro atoms. The van der Waals surface area contributed by atoms with E-state index in [1.165, 1.54) is 0 Å². The van der Waals surface area contributed by atoms with E-state index in [1.54, 1.807) is 12.1 Å². The highest BCUT2D eigenvalue weighted by Crippen LogP contribution is 2.17. The van der Waals surface area contributed by atoms with Crippen LogP contribution in [0.25, 0.3) is 0 Å². The van der Waals surface area contributed by atoms with Crippen molar-refractivity contribution in [3.8, 4) is 0 Å². The summed E-state index contributed by atoms with van der Waals surface area (Å²) in [7, 11) is 0. The van der Waals surface area contributed by atoms with Gasteiger partial charge in [0.05, 0.1) is 5.56 Å². The maximum absolute atomic E-state index is 12.2. The van der Waals surface area contributed by atoms with Crippen LogP contribution in [-0.4, -0.2) is 11.8 Å². The number of hydroxylamine groups is 2. The fraction of sp³-hybridized carbons (Fsp3) is 0.111. The van der Waals surface area contributed by atoms with E-state index in [1.807, 2.05) is 50.2 Å². The van der Waals surface area contributed by atoms with Gasteiger partial charge in [-0.05, 0) is 42.8 Å². The van der Waals surface area contributed by atoms with Crippen molar-refractivity contribution in [1.82, 2.24) is 11.0 Å². The number of carbonyl (C=O) groups is 1. The third-order valence-electron chi connectivity index (χ3n) is 3.74. The number of para-hydroxylation sites is 1. The lowest BCUT2D eigenvalue weighted by Crippen LogP contribution is -2.31. The molecular formula is C18H19N5O3. The highest BCUT2D eigenvalue weighted by atomic mass is 16.8. The zero-order valence-electron chi connectivity index (χ0n) is 14.4. The van der Waals surface area contributed by atoms with E-state index in [2.05, 4.69) is 21.4 Å². The highest BCUT2D eigenvalue weighted by Gasteiger charge is 2.20. The van der Waals surface area contributed by atoms with Crippen LogP contribution in [0.15, 0.2) is 65.2 Å². The number of nitrogens with zero attached hydrogens (tertiary/aromatic N) is 1. The first-order valence-corrected chi connectivity index (χ1v) is 7.91. The van der Waals surface area contributed by atoms with Crippen molar-refractivity contribution in [3.63, 3.8) is 0 Å². The van der Waals surface area contributed by atoms with Crippen LogP contribution in [0, 0.1) is 13.8 Å². The second-order valence-electron chi connectivity index (χ2n) is 5.72. The van der Waals surface area contributed by atoms with E-state index < -0.39 is 5.97 Å². The molecule has 8 heteroatoms. The molecule has 0 radical (unpaired) electrons. The van der Waals surface area contributed by atoms with E-state index in [0.29, 0.717) is 17.1 Å². The quantitative estimate of drug-likeness (QED) is 0.609. The van der Waals surface area contributed by atoms with Gasteiger partial charge in [-0.25, -0.2) is 4.79 Å². The Morgan fingerprint density at radius 1 is 1.15 bits per heavy atom. The number of rotatable bonds is 5. The van der Waals surface area contributed by atoms with Crippen LogP contribution in [0.4, 0.5) is 5.69 Å². The predicted molar refractivity (Wildman–Crippen MR) is 97.4 cm³/mol. The molecule has 3 rings (SSSR count). The van der Waals surface area contributed by atoms with Crippen molar-refractivity contribution in [2.24, 2.45) is 10.9 Å². The summed E-state index contributed by atoms with van der Waals surface area (Å²) in [5.41, 5.74) is 14.5. The predicted octanol–water partition coefficient (Wildman–Crippen LogP) is 2.05. The van der Waals surface area contributed by atoms with Crippen molar-refractivity contribution in [1.29, 1.82) is 0 Å². The summed E-state index contributed by atoms with van der Waals surface area (Å²) in [6.45, 7) is 3.88. The van der Waals surface area contributed by atoms with E-state index in [9.17, 15) is 4.79 Å². The fourth-order valence-electron chi connectivity index (χ4n) is 2.23. The molecule has 1 aliphatic heterocycles. The van der Waals surface area contributed by atoms with Crippen molar-refractivity contribution in [3.05, 3.63) is 76.7 Å². The molecule has 2 aromatic rings. The third kappa shape index (κ3) is 3.86. The first kappa shape index (κ1) is 17.2. The summed E-state index contributed by atoms with van der Waals surface area (Å²) in [5.74, 6) is -0.136. The molecule has 0 saturated carbocycles. The van der Waals surface area contributed by atoms with Crippen LogP contribution in [0.5, 0.6) is 0 Å². The molecule has 26 heavy (non-hydrogen) atoms. The molecule has 0 aromatic heterocycles. The van der Waals surface area contributed by atoms with Crippen LogP contribution in [0.3, 0.4) is 0 Å². The number of nitrogens with two attached hydrogens (primary N) is 1. The zero-order chi connectivity index (χ0) is 18.5. The van der Waals surface area contributed by atoms with Gasteiger partial charge in [0, 0.05) is 5.69 Å². The van der Waals surface area contributed by atoms with Crippen molar-refractivity contribution in [2.45, 2.75) is 13.8 Å². The third-order valence-corrected chi connectivity index (χ3v) is 3.74. The van der Waals surface area contributed by atoms with Gasteiger partial charge in [-0.3, -0.25) is 4.94 Å². The number of nitrogens with one attached hydrogen (secondary N) is 3. The molecule has 0 amide bonds. The molecule has 1 heterocycles. The Balaban J connectivity index is 1.79. The van der Waals surface area contributed by atoms with E-state index in [0.717, 1.165) is 16.8 Å². The van der Waals surface area contributed by atoms with Crippen molar-refractivity contribution in [2.75, 3.05) is 5.32 Å². The second-order valence-corrected chi connectivity index (χ2v) is 5.72. The molecular weight excluding hydrogens is 334 g/mol. The molecule has 0 fully saturated rings. The number of hydrogen-bond acceptors (Lipinski definition) is 8. The standard InChI is InChI=1S/C18H19N5O3/c1-11-7-9-13(10-8-11)18(24)25-23-17(15-16(19)22-26-21-15)20-14-6-4-3-5-12(14)2/h3-10,20-21,23H,1-2H3,(H2,19,22). The summed E-state index contributed by atoms with van der Waals surface area (Å²) in [6, 6.07) is 14.7. The Kier molecular flexibility index (Phi) is 4.93. The Morgan fingerprint density at radius 3 is 2.54 bits per heavy atom. The van der Waals surface area contributed by atoms with E-state index >= 15 is 0 Å². The van der Waals surface area contributed by atoms with Gasteiger partial charge in [0.1, 0.15) is 0 Å². The van der Waals surface area contributed by atoms with Crippen molar-refractivity contribution < 1.29 is 14.6 Å². The molecule has 0 unspecified atom stereocenters. The van der Waals surface area contributed by atoms with Crippen LogP contribution in [-0.2, 0) is 9.78 Å². The molecule has 8 nitrogen and oxygen atoms in total. The second kappa shape index (κ2) is 7.47. The number of aryl methyl sites for hydroxylation is 2. The summed E-state index contributed by atoms with van der Waals surface area (Å²) in [4.78, 5) is 22.2.